The zero-order chi connectivity index (χ0) is 49.7. The molecule has 0 saturated carbocycles. The predicted octanol–water partition coefficient (Wildman–Crippen LogP) is 21.6. The maximum atomic E-state index is 2.54. The lowest BCUT2D eigenvalue weighted by atomic mass is 9.82. The van der Waals surface area contributed by atoms with Crippen molar-refractivity contribution in [3.63, 3.8) is 0 Å². The third-order valence-corrected chi connectivity index (χ3v) is 18.1. The highest BCUT2D eigenvalue weighted by Gasteiger charge is 2.34. The average molecular weight is 957 g/mol. The second-order valence-electron chi connectivity index (χ2n) is 21.7. The van der Waals surface area contributed by atoms with Gasteiger partial charge >= 0.3 is 0 Å². The van der Waals surface area contributed by atoms with E-state index in [1.165, 1.54) is 196 Å². The van der Waals surface area contributed by atoms with Gasteiger partial charge in [-0.3, -0.25) is 0 Å². The van der Waals surface area contributed by atoms with E-state index in [1.807, 2.05) is 0 Å². The summed E-state index contributed by atoms with van der Waals surface area (Å²) in [6.07, 6.45) is 0. The van der Waals surface area contributed by atoms with Crippen molar-refractivity contribution in [3.05, 3.63) is 242 Å². The van der Waals surface area contributed by atoms with E-state index >= 15 is 0 Å². The number of fused-ring (bicyclic) bond motifs is 15. The molecule has 0 heterocycles. The minimum absolute atomic E-state index is 1.23. The second kappa shape index (κ2) is 14.6. The van der Waals surface area contributed by atoms with E-state index < -0.39 is 0 Å². The lowest BCUT2D eigenvalue weighted by Gasteiger charge is -2.20. The molecule has 0 N–H and O–H groups in total. The van der Waals surface area contributed by atoms with Gasteiger partial charge in [-0.05, 0) is 216 Å². The second-order valence-corrected chi connectivity index (χ2v) is 21.7. The van der Waals surface area contributed by atoms with Gasteiger partial charge in [0.15, 0.2) is 0 Å². The Balaban J connectivity index is 1.02. The summed E-state index contributed by atoms with van der Waals surface area (Å²) >= 11 is 0. The Morgan fingerprint density at radius 3 is 1.16 bits per heavy atom. The summed E-state index contributed by atoms with van der Waals surface area (Å²) in [4.78, 5) is 0. The number of rotatable bonds is 4. The van der Waals surface area contributed by atoms with Crippen molar-refractivity contribution in [3.8, 4) is 66.8 Å². The summed E-state index contributed by atoms with van der Waals surface area (Å²) in [6.45, 7) is 4.53. The summed E-state index contributed by atoms with van der Waals surface area (Å²) in [7, 11) is 0. The van der Waals surface area contributed by atoms with E-state index in [4.69, 9.17) is 0 Å². The normalized spacial score (nSPS) is 12.6. The Labute approximate surface area is 438 Å². The Morgan fingerprint density at radius 2 is 0.566 bits per heavy atom. The molecule has 0 aromatic heterocycles. The summed E-state index contributed by atoms with van der Waals surface area (Å²) in [5.74, 6) is 0. The molecule has 1 aliphatic rings. The van der Waals surface area contributed by atoms with Gasteiger partial charge in [0, 0.05) is 0 Å². The van der Waals surface area contributed by atoms with E-state index in [-0.39, 0.29) is 0 Å². The summed E-state index contributed by atoms with van der Waals surface area (Å²) in [5, 5.41) is 29.4. The van der Waals surface area contributed by atoms with Crippen LogP contribution in [0, 0.1) is 13.8 Å². The molecule has 0 saturated heterocycles. The highest BCUT2D eigenvalue weighted by molar-refractivity contribution is 6.53. The summed E-state index contributed by atoms with van der Waals surface area (Å²) < 4.78 is 0. The third-order valence-electron chi connectivity index (χ3n) is 18.1. The fourth-order valence-electron chi connectivity index (χ4n) is 15.0. The first kappa shape index (κ1) is 40.8. The van der Waals surface area contributed by atoms with Gasteiger partial charge in [-0.2, -0.15) is 0 Å². The number of hydrogen-bond acceptors (Lipinski definition) is 0. The number of aryl methyl sites for hydroxylation is 2. The fraction of sp³-hybridized carbons (Fsp3) is 0.0263. The highest BCUT2D eigenvalue weighted by atomic mass is 14.4. The minimum Gasteiger partial charge on any atom is -0.0622 e. The molecule has 0 heteroatoms. The molecule has 0 atom stereocenters. The van der Waals surface area contributed by atoms with Gasteiger partial charge in [-0.15, -0.1) is 0 Å². The Bertz CT molecular complexity index is 5230. The molecule has 1 aliphatic carbocycles. The van der Waals surface area contributed by atoms with Gasteiger partial charge in [0.2, 0.25) is 0 Å². The molecule has 0 radical (unpaired) electrons. The van der Waals surface area contributed by atoms with Gasteiger partial charge in [0.1, 0.15) is 0 Å². The van der Waals surface area contributed by atoms with Crippen LogP contribution in [-0.4, -0.2) is 0 Å². The van der Waals surface area contributed by atoms with Gasteiger partial charge in [0.05, 0.1) is 0 Å². The van der Waals surface area contributed by atoms with Crippen LogP contribution in [0.25, 0.3) is 185 Å². The van der Waals surface area contributed by atoms with Crippen LogP contribution in [0.5, 0.6) is 0 Å². The van der Waals surface area contributed by atoms with Gasteiger partial charge in [0.25, 0.3) is 0 Å². The SMILES string of the molecule is Cc1cc2cc3c(-c4ccccc4-c4ccccc4)c4c5ccc6c7ccc8c9c(ccc(c%10ccc(c5c6%10)c4c4c5ccccc5c(c2cc1C)c34)c97)-c1c-8c(-c2ccccc2)c2ccccc2c1-c1ccccc1. The van der Waals surface area contributed by atoms with Crippen LogP contribution in [0.15, 0.2) is 231 Å². The van der Waals surface area contributed by atoms with Gasteiger partial charge in [-0.25, -0.2) is 0 Å². The lowest BCUT2D eigenvalue weighted by molar-refractivity contribution is 1.37. The first-order chi connectivity index (χ1) is 37.6. The molecular formula is C76H44. The molecule has 17 aromatic rings. The van der Waals surface area contributed by atoms with E-state index in [0.717, 1.165) is 0 Å². The van der Waals surface area contributed by atoms with E-state index in [0.29, 0.717) is 0 Å². The molecule has 0 aliphatic heterocycles. The largest absolute Gasteiger partial charge is 0.0622 e. The minimum atomic E-state index is 1.23. The lowest BCUT2D eigenvalue weighted by Crippen LogP contribution is -1.93. The average Bonchev–Trinajstić information content (AvgIpc) is 4.30. The number of benzene rings is 15. The molecule has 0 fully saturated rings. The molecule has 0 bridgehead atoms. The molecule has 348 valence electrons. The molecule has 18 rings (SSSR count). The quantitative estimate of drug-likeness (QED) is 0.122. The monoisotopic (exact) mass is 956 g/mol. The number of hydrogen-bond donors (Lipinski definition) is 0. The van der Waals surface area contributed by atoms with Crippen molar-refractivity contribution in [1.29, 1.82) is 0 Å². The first-order valence-corrected chi connectivity index (χ1v) is 26.8. The Kier molecular flexibility index (Phi) is 7.82. The topological polar surface area (TPSA) is 0 Å². The van der Waals surface area contributed by atoms with Gasteiger partial charge < -0.3 is 0 Å². The van der Waals surface area contributed by atoms with Crippen molar-refractivity contribution in [2.45, 2.75) is 13.8 Å². The van der Waals surface area contributed by atoms with Crippen molar-refractivity contribution in [2.75, 3.05) is 0 Å². The third kappa shape index (κ3) is 5.00. The van der Waals surface area contributed by atoms with Gasteiger partial charge in [-0.1, -0.05) is 224 Å². The molecule has 0 nitrogen and oxygen atoms in total. The van der Waals surface area contributed by atoms with Crippen molar-refractivity contribution in [1.82, 2.24) is 0 Å². The summed E-state index contributed by atoms with van der Waals surface area (Å²) in [6, 6.07) is 88.0. The molecule has 76 heavy (non-hydrogen) atoms. The molecule has 0 amide bonds. The van der Waals surface area contributed by atoms with Crippen LogP contribution < -0.4 is 0 Å². The summed E-state index contributed by atoms with van der Waals surface area (Å²) in [5.41, 5.74) is 18.1. The maximum absolute atomic E-state index is 2.54. The van der Waals surface area contributed by atoms with E-state index in [2.05, 4.69) is 244 Å². The smallest absolute Gasteiger partial charge is 0.000695 e. The van der Waals surface area contributed by atoms with E-state index in [9.17, 15) is 0 Å². The van der Waals surface area contributed by atoms with E-state index in [1.54, 1.807) is 0 Å². The maximum Gasteiger partial charge on any atom is -0.000695 e. The zero-order valence-corrected chi connectivity index (χ0v) is 41.9. The fourth-order valence-corrected chi connectivity index (χ4v) is 15.0. The molecule has 17 aromatic carbocycles. The molecule has 0 spiro atoms. The van der Waals surface area contributed by atoms with Crippen molar-refractivity contribution in [2.24, 2.45) is 0 Å². The molecule has 0 unspecified atom stereocenters. The van der Waals surface area contributed by atoms with Crippen molar-refractivity contribution < 1.29 is 0 Å². The van der Waals surface area contributed by atoms with Crippen molar-refractivity contribution >= 4 is 118 Å². The van der Waals surface area contributed by atoms with Crippen LogP contribution in [0.1, 0.15) is 11.1 Å². The van der Waals surface area contributed by atoms with Crippen LogP contribution in [0.4, 0.5) is 0 Å². The van der Waals surface area contributed by atoms with Crippen LogP contribution in [0.2, 0.25) is 0 Å². The first-order valence-electron chi connectivity index (χ1n) is 26.8. The standard InChI is InChI=1S/C76H44/c1-41-38-46-40-62-68(48-25-13-12-24-47(48)43-18-6-3-7-19-43)74-59-36-32-55-53-30-34-57-69-58(73-64(45-22-10-5-11-23-45)50-27-15-14-26-49(50)63(72(57)73)44-20-8-4-9-21-44)35-31-54(65(53)69)56-33-37-60(70(59)66(55)56)75(74)71-52-29-17-16-28-51(52)67(76(62)71)61(46)39-42(41)2/h3-40H,1-2H3. The highest BCUT2D eigenvalue weighted by Crippen LogP contribution is 2.61. The predicted molar refractivity (Wildman–Crippen MR) is 328 cm³/mol. The van der Waals surface area contributed by atoms with Crippen LogP contribution >= 0.6 is 0 Å². The Morgan fingerprint density at radius 1 is 0.184 bits per heavy atom. The Hall–Kier alpha value is -9.62. The van der Waals surface area contributed by atoms with Crippen LogP contribution in [0.3, 0.4) is 0 Å². The van der Waals surface area contributed by atoms with Crippen LogP contribution in [-0.2, 0) is 0 Å². The zero-order valence-electron chi connectivity index (χ0n) is 41.9. The molecular weight excluding hydrogens is 913 g/mol.